The minimum absolute atomic E-state index is 0.0407. The van der Waals surface area contributed by atoms with Crippen LogP contribution in [0.25, 0.3) is 11.1 Å². The van der Waals surface area contributed by atoms with E-state index in [2.05, 4.69) is 0 Å². The summed E-state index contributed by atoms with van der Waals surface area (Å²) in [6.45, 7) is 0. The van der Waals surface area contributed by atoms with Crippen molar-refractivity contribution in [3.05, 3.63) is 53.6 Å². The first kappa shape index (κ1) is 15.1. The van der Waals surface area contributed by atoms with Gasteiger partial charge in [-0.2, -0.15) is 0 Å². The van der Waals surface area contributed by atoms with Crippen molar-refractivity contribution in [2.24, 2.45) is 0 Å². The SMILES string of the molecule is CS(=O)(=O)c1cccc(-c2cc(F)c(F)cc2C(=O)O)c1. The maximum atomic E-state index is 13.4. The van der Waals surface area contributed by atoms with Gasteiger partial charge < -0.3 is 5.11 Å². The van der Waals surface area contributed by atoms with Gasteiger partial charge in [-0.1, -0.05) is 12.1 Å². The van der Waals surface area contributed by atoms with E-state index in [-0.39, 0.29) is 16.0 Å². The van der Waals surface area contributed by atoms with Crippen LogP contribution in [0, 0.1) is 11.6 Å². The molecule has 0 aromatic heterocycles. The number of aromatic carboxylic acids is 1. The zero-order valence-corrected chi connectivity index (χ0v) is 11.6. The lowest BCUT2D eigenvalue weighted by molar-refractivity contribution is 0.0697. The lowest BCUT2D eigenvalue weighted by Crippen LogP contribution is -2.03. The predicted molar refractivity (Wildman–Crippen MR) is 71.9 cm³/mol. The van der Waals surface area contributed by atoms with E-state index in [4.69, 9.17) is 5.11 Å². The second-order valence-electron chi connectivity index (χ2n) is 4.42. The Labute approximate surface area is 119 Å². The quantitative estimate of drug-likeness (QED) is 0.946. The molecule has 0 spiro atoms. The van der Waals surface area contributed by atoms with E-state index in [1.54, 1.807) is 0 Å². The largest absolute Gasteiger partial charge is 0.478 e. The summed E-state index contributed by atoms with van der Waals surface area (Å²) in [6.07, 6.45) is 0.996. The third kappa shape index (κ3) is 3.08. The first-order valence-corrected chi connectivity index (χ1v) is 7.62. The molecule has 21 heavy (non-hydrogen) atoms. The van der Waals surface area contributed by atoms with Crippen LogP contribution < -0.4 is 0 Å². The van der Waals surface area contributed by atoms with Gasteiger partial charge in [0, 0.05) is 6.26 Å². The van der Waals surface area contributed by atoms with Crippen LogP contribution in [0.4, 0.5) is 8.78 Å². The fourth-order valence-electron chi connectivity index (χ4n) is 1.86. The van der Waals surface area contributed by atoms with Crippen LogP contribution in [-0.4, -0.2) is 25.7 Å². The number of hydrogen-bond donors (Lipinski definition) is 1. The first-order valence-electron chi connectivity index (χ1n) is 5.73. The van der Waals surface area contributed by atoms with Crippen LogP contribution in [0.2, 0.25) is 0 Å². The Hall–Kier alpha value is -2.28. The van der Waals surface area contributed by atoms with Crippen molar-refractivity contribution in [1.29, 1.82) is 0 Å². The van der Waals surface area contributed by atoms with Gasteiger partial charge in [0.05, 0.1) is 10.5 Å². The minimum Gasteiger partial charge on any atom is -0.478 e. The number of benzene rings is 2. The minimum atomic E-state index is -3.50. The Kier molecular flexibility index (Phi) is 3.78. The first-order chi connectivity index (χ1) is 9.70. The van der Waals surface area contributed by atoms with Crippen molar-refractivity contribution < 1.29 is 27.1 Å². The van der Waals surface area contributed by atoms with Crippen LogP contribution in [0.5, 0.6) is 0 Å². The number of hydrogen-bond acceptors (Lipinski definition) is 3. The molecule has 0 atom stereocenters. The Morgan fingerprint density at radius 3 is 2.29 bits per heavy atom. The molecule has 110 valence electrons. The van der Waals surface area contributed by atoms with E-state index in [0.29, 0.717) is 6.07 Å². The third-order valence-corrected chi connectivity index (χ3v) is 3.97. The Morgan fingerprint density at radius 1 is 1.10 bits per heavy atom. The van der Waals surface area contributed by atoms with E-state index < -0.39 is 33.0 Å². The van der Waals surface area contributed by atoms with Crippen molar-refractivity contribution in [1.82, 2.24) is 0 Å². The van der Waals surface area contributed by atoms with Gasteiger partial charge in [-0.15, -0.1) is 0 Å². The summed E-state index contributed by atoms with van der Waals surface area (Å²) < 4.78 is 49.5. The highest BCUT2D eigenvalue weighted by molar-refractivity contribution is 7.90. The molecule has 2 aromatic carbocycles. The molecule has 0 radical (unpaired) electrons. The molecule has 2 rings (SSSR count). The summed E-state index contributed by atoms with van der Waals surface area (Å²) >= 11 is 0. The van der Waals surface area contributed by atoms with Gasteiger partial charge in [0.1, 0.15) is 0 Å². The van der Waals surface area contributed by atoms with Crippen LogP contribution >= 0.6 is 0 Å². The molecule has 0 saturated carbocycles. The molecule has 0 fully saturated rings. The van der Waals surface area contributed by atoms with E-state index in [1.165, 1.54) is 24.3 Å². The van der Waals surface area contributed by atoms with Gasteiger partial charge in [0.25, 0.3) is 0 Å². The standard InChI is InChI=1S/C14H10F2O4S/c1-21(19,20)9-4-2-3-8(5-9)10-6-12(15)13(16)7-11(10)14(17)18/h2-7H,1H3,(H,17,18). The summed E-state index contributed by atoms with van der Waals surface area (Å²) in [4.78, 5) is 11.1. The average Bonchev–Trinajstić information content (AvgIpc) is 2.40. The molecule has 0 aliphatic heterocycles. The summed E-state index contributed by atoms with van der Waals surface area (Å²) in [7, 11) is -3.50. The summed E-state index contributed by atoms with van der Waals surface area (Å²) in [5.41, 5.74) is -0.360. The summed E-state index contributed by atoms with van der Waals surface area (Å²) in [5, 5.41) is 9.06. The fourth-order valence-corrected chi connectivity index (χ4v) is 2.52. The molecule has 0 amide bonds. The predicted octanol–water partition coefficient (Wildman–Crippen LogP) is 2.73. The molecule has 0 unspecified atom stereocenters. The van der Waals surface area contributed by atoms with E-state index in [0.717, 1.165) is 12.3 Å². The highest BCUT2D eigenvalue weighted by Gasteiger charge is 2.18. The molecule has 2 aromatic rings. The number of rotatable bonds is 3. The second kappa shape index (κ2) is 5.25. The molecule has 0 aliphatic carbocycles. The van der Waals surface area contributed by atoms with E-state index >= 15 is 0 Å². The van der Waals surface area contributed by atoms with Gasteiger partial charge in [-0.05, 0) is 35.4 Å². The van der Waals surface area contributed by atoms with E-state index in [9.17, 15) is 22.0 Å². The van der Waals surface area contributed by atoms with Crippen LogP contribution in [0.3, 0.4) is 0 Å². The zero-order chi connectivity index (χ0) is 15.8. The molecule has 4 nitrogen and oxygen atoms in total. The van der Waals surface area contributed by atoms with Crippen molar-refractivity contribution >= 4 is 15.8 Å². The molecule has 7 heteroatoms. The lowest BCUT2D eigenvalue weighted by Gasteiger charge is -2.09. The van der Waals surface area contributed by atoms with Crippen LogP contribution in [-0.2, 0) is 9.84 Å². The molecule has 0 aliphatic rings. The molecule has 0 heterocycles. The zero-order valence-electron chi connectivity index (χ0n) is 10.8. The number of halogens is 2. The highest BCUT2D eigenvalue weighted by Crippen LogP contribution is 2.28. The highest BCUT2D eigenvalue weighted by atomic mass is 32.2. The molecule has 1 N–H and O–H groups in total. The monoisotopic (exact) mass is 312 g/mol. The van der Waals surface area contributed by atoms with Gasteiger partial charge in [-0.3, -0.25) is 0 Å². The maximum absolute atomic E-state index is 13.4. The second-order valence-corrected chi connectivity index (χ2v) is 6.43. The smallest absolute Gasteiger partial charge is 0.336 e. The van der Waals surface area contributed by atoms with Crippen molar-refractivity contribution in [2.45, 2.75) is 4.90 Å². The van der Waals surface area contributed by atoms with Gasteiger partial charge in [0.2, 0.25) is 0 Å². The molecular weight excluding hydrogens is 302 g/mol. The number of carbonyl (C=O) groups is 1. The topological polar surface area (TPSA) is 71.4 Å². The molecule has 0 bridgehead atoms. The van der Waals surface area contributed by atoms with Crippen LogP contribution in [0.15, 0.2) is 41.3 Å². The Bertz CT molecular complexity index is 829. The average molecular weight is 312 g/mol. The number of sulfone groups is 1. The Balaban J connectivity index is 2.72. The third-order valence-electron chi connectivity index (χ3n) is 2.86. The number of carboxylic acid groups (broad SMARTS) is 1. The lowest BCUT2D eigenvalue weighted by atomic mass is 9.99. The summed E-state index contributed by atoms with van der Waals surface area (Å²) in [6, 6.07) is 6.68. The normalized spacial score (nSPS) is 11.4. The summed E-state index contributed by atoms with van der Waals surface area (Å²) in [5.74, 6) is -3.93. The van der Waals surface area contributed by atoms with Crippen molar-refractivity contribution in [3.63, 3.8) is 0 Å². The van der Waals surface area contributed by atoms with Gasteiger partial charge in [-0.25, -0.2) is 22.0 Å². The maximum Gasteiger partial charge on any atom is 0.336 e. The molecular formula is C14H10F2O4S. The Morgan fingerprint density at radius 2 is 1.71 bits per heavy atom. The van der Waals surface area contributed by atoms with Crippen LogP contribution in [0.1, 0.15) is 10.4 Å². The molecule has 0 saturated heterocycles. The van der Waals surface area contributed by atoms with Gasteiger partial charge >= 0.3 is 5.97 Å². The van der Waals surface area contributed by atoms with E-state index in [1.807, 2.05) is 0 Å². The van der Waals surface area contributed by atoms with Crippen molar-refractivity contribution in [3.8, 4) is 11.1 Å². The number of carboxylic acids is 1. The van der Waals surface area contributed by atoms with Crippen molar-refractivity contribution in [2.75, 3.05) is 6.26 Å². The van der Waals surface area contributed by atoms with Gasteiger partial charge in [0.15, 0.2) is 21.5 Å². The fraction of sp³-hybridized carbons (Fsp3) is 0.0714.